The van der Waals surface area contributed by atoms with E-state index in [4.69, 9.17) is 9.72 Å². The van der Waals surface area contributed by atoms with Crippen LogP contribution in [0.25, 0.3) is 11.0 Å². The Morgan fingerprint density at radius 2 is 2.03 bits per heavy atom. The molecule has 2 aliphatic heterocycles. The number of rotatable bonds is 4. The second kappa shape index (κ2) is 7.24. The Labute approximate surface area is 173 Å². The zero-order chi connectivity index (χ0) is 19.9. The fourth-order valence-corrected chi connectivity index (χ4v) is 4.73. The molecule has 0 bridgehead atoms. The number of aromatic amines is 2. The SMILES string of the molecule is c1ncc(C[C@H]2CN(c3ccc4cc[nH]c4n3)Cc3nnc(C4CCOCC4)n32)[nH]1. The Balaban J connectivity index is 1.37. The molecule has 4 aromatic rings. The van der Waals surface area contributed by atoms with Gasteiger partial charge in [-0.15, -0.1) is 10.2 Å². The standard InChI is InChI=1S/C21H24N8O/c1-2-18(25-20-14(1)3-6-23-20)28-11-17(9-16-10-22-13-24-16)29-19(12-28)26-27-21(29)15-4-7-30-8-5-15/h1-3,6,10,13,15,17H,4-5,7-9,11-12H2,(H,22,24)(H,23,25)/t17-/m0/s1. The predicted molar refractivity (Wildman–Crippen MR) is 111 cm³/mol. The highest BCUT2D eigenvalue weighted by Gasteiger charge is 2.33. The van der Waals surface area contributed by atoms with E-state index in [9.17, 15) is 0 Å². The summed E-state index contributed by atoms with van der Waals surface area (Å²) >= 11 is 0. The number of nitrogens with zero attached hydrogens (tertiary/aromatic N) is 6. The minimum absolute atomic E-state index is 0.211. The third-order valence-corrected chi connectivity index (χ3v) is 6.24. The number of imidazole rings is 1. The van der Waals surface area contributed by atoms with Gasteiger partial charge in [-0.1, -0.05) is 0 Å². The monoisotopic (exact) mass is 404 g/mol. The number of pyridine rings is 1. The van der Waals surface area contributed by atoms with Crippen LogP contribution >= 0.6 is 0 Å². The fourth-order valence-electron chi connectivity index (χ4n) is 4.73. The first-order valence-corrected chi connectivity index (χ1v) is 10.5. The van der Waals surface area contributed by atoms with E-state index in [1.807, 2.05) is 18.5 Å². The third kappa shape index (κ3) is 3.06. The van der Waals surface area contributed by atoms with Crippen LogP contribution in [0.15, 0.2) is 36.9 Å². The Morgan fingerprint density at radius 3 is 2.90 bits per heavy atom. The van der Waals surface area contributed by atoms with Crippen molar-refractivity contribution in [1.82, 2.24) is 34.7 Å². The molecule has 0 saturated carbocycles. The maximum atomic E-state index is 5.57. The van der Waals surface area contributed by atoms with Gasteiger partial charge in [0.05, 0.1) is 18.9 Å². The van der Waals surface area contributed by atoms with Gasteiger partial charge < -0.3 is 24.2 Å². The van der Waals surface area contributed by atoms with Gasteiger partial charge in [-0.05, 0) is 31.0 Å². The lowest BCUT2D eigenvalue weighted by atomic mass is 9.98. The summed E-state index contributed by atoms with van der Waals surface area (Å²) in [5, 5.41) is 10.4. The zero-order valence-corrected chi connectivity index (χ0v) is 16.7. The summed E-state index contributed by atoms with van der Waals surface area (Å²) in [6.45, 7) is 3.14. The molecule has 9 nitrogen and oxygen atoms in total. The van der Waals surface area contributed by atoms with E-state index < -0.39 is 0 Å². The number of ether oxygens (including phenoxy) is 1. The van der Waals surface area contributed by atoms with E-state index in [0.29, 0.717) is 12.5 Å². The highest BCUT2D eigenvalue weighted by molar-refractivity contribution is 5.77. The van der Waals surface area contributed by atoms with Crippen molar-refractivity contribution in [3.63, 3.8) is 0 Å². The van der Waals surface area contributed by atoms with Crippen LogP contribution in [0.2, 0.25) is 0 Å². The normalized spacial score (nSPS) is 20.0. The molecule has 154 valence electrons. The molecule has 9 heteroatoms. The van der Waals surface area contributed by atoms with Gasteiger partial charge >= 0.3 is 0 Å². The second-order valence-corrected chi connectivity index (χ2v) is 8.13. The number of aromatic nitrogens is 7. The molecular formula is C21H24N8O. The van der Waals surface area contributed by atoms with Crippen LogP contribution in [0.4, 0.5) is 5.82 Å². The van der Waals surface area contributed by atoms with Gasteiger partial charge in [0.15, 0.2) is 5.82 Å². The highest BCUT2D eigenvalue weighted by Crippen LogP contribution is 2.33. The molecule has 1 fully saturated rings. The van der Waals surface area contributed by atoms with Crippen molar-refractivity contribution in [2.24, 2.45) is 0 Å². The largest absolute Gasteiger partial charge is 0.381 e. The topological polar surface area (TPSA) is 101 Å². The molecule has 0 unspecified atom stereocenters. The van der Waals surface area contributed by atoms with Crippen molar-refractivity contribution >= 4 is 16.9 Å². The lowest BCUT2D eigenvalue weighted by Crippen LogP contribution is -2.40. The molecule has 0 aromatic carbocycles. The van der Waals surface area contributed by atoms with Gasteiger partial charge in [-0.25, -0.2) is 9.97 Å². The molecule has 0 spiro atoms. The van der Waals surface area contributed by atoms with Crippen LogP contribution in [0.3, 0.4) is 0 Å². The van der Waals surface area contributed by atoms with Crippen LogP contribution in [-0.2, 0) is 17.7 Å². The summed E-state index contributed by atoms with van der Waals surface area (Å²) in [5.74, 6) is 3.47. The summed E-state index contributed by atoms with van der Waals surface area (Å²) in [5.41, 5.74) is 2.03. The van der Waals surface area contributed by atoms with Crippen LogP contribution in [-0.4, -0.2) is 54.5 Å². The number of hydrogen-bond acceptors (Lipinski definition) is 6. The van der Waals surface area contributed by atoms with Gasteiger partial charge in [-0.2, -0.15) is 0 Å². The van der Waals surface area contributed by atoms with E-state index >= 15 is 0 Å². The Hall–Kier alpha value is -3.20. The summed E-state index contributed by atoms with van der Waals surface area (Å²) in [4.78, 5) is 17.8. The quantitative estimate of drug-likeness (QED) is 0.542. The van der Waals surface area contributed by atoms with E-state index in [0.717, 1.165) is 73.2 Å². The summed E-state index contributed by atoms with van der Waals surface area (Å²) < 4.78 is 7.94. The van der Waals surface area contributed by atoms with Crippen molar-refractivity contribution in [2.45, 2.75) is 37.8 Å². The summed E-state index contributed by atoms with van der Waals surface area (Å²) in [6.07, 6.45) is 8.43. The number of hydrogen-bond donors (Lipinski definition) is 2. The number of fused-ring (bicyclic) bond motifs is 2. The first-order chi connectivity index (χ1) is 14.8. The summed E-state index contributed by atoms with van der Waals surface area (Å²) in [6, 6.07) is 6.46. The minimum atomic E-state index is 0.211. The van der Waals surface area contributed by atoms with Crippen molar-refractivity contribution in [1.29, 1.82) is 0 Å². The van der Waals surface area contributed by atoms with E-state index in [1.165, 1.54) is 0 Å². The second-order valence-electron chi connectivity index (χ2n) is 8.13. The highest BCUT2D eigenvalue weighted by atomic mass is 16.5. The summed E-state index contributed by atoms with van der Waals surface area (Å²) in [7, 11) is 0. The van der Waals surface area contributed by atoms with Crippen molar-refractivity contribution in [3.8, 4) is 0 Å². The molecule has 0 aliphatic carbocycles. The van der Waals surface area contributed by atoms with Crippen LogP contribution in [0.1, 0.15) is 42.1 Å². The lowest BCUT2D eigenvalue weighted by Gasteiger charge is -2.36. The fraction of sp³-hybridized carbons (Fsp3) is 0.429. The lowest BCUT2D eigenvalue weighted by molar-refractivity contribution is 0.0822. The Morgan fingerprint density at radius 1 is 1.10 bits per heavy atom. The van der Waals surface area contributed by atoms with Crippen molar-refractivity contribution < 1.29 is 4.74 Å². The molecule has 4 aromatic heterocycles. The number of anilines is 1. The van der Waals surface area contributed by atoms with Gasteiger partial charge in [0.2, 0.25) is 0 Å². The van der Waals surface area contributed by atoms with Gasteiger partial charge in [0.25, 0.3) is 0 Å². The smallest absolute Gasteiger partial charge is 0.153 e. The zero-order valence-electron chi connectivity index (χ0n) is 16.7. The molecule has 2 aliphatic rings. The molecule has 0 amide bonds. The molecule has 30 heavy (non-hydrogen) atoms. The average Bonchev–Trinajstić information content (AvgIpc) is 3.54. The molecule has 0 radical (unpaired) electrons. The average molecular weight is 404 g/mol. The number of H-pyrrole nitrogens is 2. The van der Waals surface area contributed by atoms with E-state index in [-0.39, 0.29) is 6.04 Å². The predicted octanol–water partition coefficient (Wildman–Crippen LogP) is 2.58. The first-order valence-electron chi connectivity index (χ1n) is 10.5. The van der Waals surface area contributed by atoms with Gasteiger partial charge in [0, 0.05) is 55.6 Å². The van der Waals surface area contributed by atoms with Crippen LogP contribution < -0.4 is 4.90 Å². The van der Waals surface area contributed by atoms with Gasteiger partial charge in [-0.3, -0.25) is 0 Å². The maximum absolute atomic E-state index is 5.57. The number of nitrogens with one attached hydrogen (secondary N) is 2. The Bertz CT molecular complexity index is 1140. The molecular weight excluding hydrogens is 380 g/mol. The molecule has 1 atom stereocenters. The van der Waals surface area contributed by atoms with Crippen molar-refractivity contribution in [2.75, 3.05) is 24.7 Å². The minimum Gasteiger partial charge on any atom is -0.381 e. The molecule has 2 N–H and O–H groups in total. The van der Waals surface area contributed by atoms with Crippen LogP contribution in [0.5, 0.6) is 0 Å². The molecule has 1 saturated heterocycles. The molecule has 6 heterocycles. The molecule has 6 rings (SSSR count). The maximum Gasteiger partial charge on any atom is 0.153 e. The van der Waals surface area contributed by atoms with E-state index in [1.54, 1.807) is 6.33 Å². The Kier molecular flexibility index (Phi) is 4.26. The first kappa shape index (κ1) is 17.6. The van der Waals surface area contributed by atoms with Crippen LogP contribution in [0, 0.1) is 0 Å². The van der Waals surface area contributed by atoms with E-state index in [2.05, 4.69) is 46.7 Å². The van der Waals surface area contributed by atoms with Gasteiger partial charge in [0.1, 0.15) is 17.3 Å². The van der Waals surface area contributed by atoms with Crippen molar-refractivity contribution in [3.05, 3.63) is 54.3 Å². The third-order valence-electron chi connectivity index (χ3n) is 6.24.